The fourth-order valence-corrected chi connectivity index (χ4v) is 2.06. The molecule has 6 nitrogen and oxygen atoms in total. The van der Waals surface area contributed by atoms with Gasteiger partial charge in [0.05, 0.1) is 18.2 Å². The molecule has 6 heteroatoms. The molecule has 0 spiro atoms. The molecule has 1 aromatic carbocycles. The third kappa shape index (κ3) is 2.63. The Kier molecular flexibility index (Phi) is 3.24. The van der Waals surface area contributed by atoms with E-state index in [-0.39, 0.29) is 11.8 Å². The van der Waals surface area contributed by atoms with Gasteiger partial charge < -0.3 is 10.1 Å². The number of amides is 1. The summed E-state index contributed by atoms with van der Waals surface area (Å²) in [4.78, 5) is 12.0. The molecule has 1 aromatic heterocycles. The molecule has 1 aliphatic rings. The van der Waals surface area contributed by atoms with Gasteiger partial charge in [0.1, 0.15) is 12.7 Å². The van der Waals surface area contributed by atoms with Crippen molar-refractivity contribution in [1.29, 1.82) is 0 Å². The second-order valence-electron chi connectivity index (χ2n) is 4.47. The van der Waals surface area contributed by atoms with Crippen LogP contribution in [0.2, 0.25) is 0 Å². The predicted octanol–water partition coefficient (Wildman–Crippen LogP) is 1.24. The number of nitrogens with one attached hydrogen (secondary N) is 1. The van der Waals surface area contributed by atoms with Crippen LogP contribution in [0, 0.1) is 5.92 Å². The van der Waals surface area contributed by atoms with Crippen LogP contribution >= 0.6 is 0 Å². The van der Waals surface area contributed by atoms with Crippen LogP contribution in [0.25, 0.3) is 5.69 Å². The zero-order chi connectivity index (χ0) is 13.1. The maximum absolute atomic E-state index is 12.0. The normalized spacial score (nSPS) is 18.4. The fraction of sp³-hybridized carbons (Fsp3) is 0.308. The fourth-order valence-electron chi connectivity index (χ4n) is 2.06. The minimum atomic E-state index is -0.0430. The number of carbonyl (C=O) groups excluding carboxylic acids is 1. The summed E-state index contributed by atoms with van der Waals surface area (Å²) in [6.07, 6.45) is 4.02. The lowest BCUT2D eigenvalue weighted by atomic mass is 10.1. The third-order valence-electron chi connectivity index (χ3n) is 3.13. The molecule has 0 saturated carbocycles. The monoisotopic (exact) mass is 258 g/mol. The van der Waals surface area contributed by atoms with E-state index < -0.39 is 0 Å². The Bertz CT molecular complexity index is 562. The van der Waals surface area contributed by atoms with E-state index in [4.69, 9.17) is 4.74 Å². The molecule has 2 heterocycles. The van der Waals surface area contributed by atoms with Crippen LogP contribution in [-0.2, 0) is 9.53 Å². The van der Waals surface area contributed by atoms with Crippen molar-refractivity contribution in [1.82, 2.24) is 14.8 Å². The molecule has 0 aliphatic carbocycles. The summed E-state index contributed by atoms with van der Waals surface area (Å²) < 4.78 is 7.00. The van der Waals surface area contributed by atoms with Crippen molar-refractivity contribution in [2.24, 2.45) is 5.92 Å². The maximum Gasteiger partial charge on any atom is 0.229 e. The van der Waals surface area contributed by atoms with Crippen LogP contribution in [0.4, 0.5) is 5.69 Å². The minimum absolute atomic E-state index is 0.0124. The van der Waals surface area contributed by atoms with E-state index in [0.717, 1.165) is 17.8 Å². The average molecular weight is 258 g/mol. The van der Waals surface area contributed by atoms with Gasteiger partial charge in [0.15, 0.2) is 0 Å². The van der Waals surface area contributed by atoms with Crippen molar-refractivity contribution in [3.63, 3.8) is 0 Å². The predicted molar refractivity (Wildman–Crippen MR) is 68.9 cm³/mol. The zero-order valence-electron chi connectivity index (χ0n) is 10.3. The van der Waals surface area contributed by atoms with Crippen LogP contribution < -0.4 is 5.32 Å². The molecular weight excluding hydrogens is 244 g/mol. The van der Waals surface area contributed by atoms with Crippen LogP contribution in [0.1, 0.15) is 6.42 Å². The minimum Gasteiger partial charge on any atom is -0.381 e. The largest absolute Gasteiger partial charge is 0.381 e. The molecule has 0 bridgehead atoms. The highest BCUT2D eigenvalue weighted by molar-refractivity contribution is 5.93. The average Bonchev–Trinajstić information content (AvgIpc) is 3.13. The Morgan fingerprint density at radius 2 is 2.21 bits per heavy atom. The summed E-state index contributed by atoms with van der Waals surface area (Å²) in [5, 5.41) is 10.4. The molecule has 1 fully saturated rings. The first-order valence-corrected chi connectivity index (χ1v) is 6.16. The van der Waals surface area contributed by atoms with Gasteiger partial charge in [0.25, 0.3) is 0 Å². The zero-order valence-corrected chi connectivity index (χ0v) is 10.3. The van der Waals surface area contributed by atoms with E-state index in [9.17, 15) is 4.79 Å². The highest BCUT2D eigenvalue weighted by Gasteiger charge is 2.23. The van der Waals surface area contributed by atoms with Crippen molar-refractivity contribution in [3.05, 3.63) is 36.9 Å². The number of benzene rings is 1. The molecule has 1 amide bonds. The van der Waals surface area contributed by atoms with Gasteiger partial charge in [0, 0.05) is 12.3 Å². The molecule has 98 valence electrons. The lowest BCUT2D eigenvalue weighted by Gasteiger charge is -2.10. The standard InChI is InChI=1S/C13H14N4O2/c18-13(10-4-5-19-7-10)16-11-2-1-3-12(6-11)17-8-14-15-9-17/h1-3,6,8-10H,4-5,7H2,(H,16,18). The Morgan fingerprint density at radius 1 is 1.37 bits per heavy atom. The summed E-state index contributed by atoms with van der Waals surface area (Å²) in [6.45, 7) is 1.18. The molecular formula is C13H14N4O2. The van der Waals surface area contributed by atoms with E-state index in [0.29, 0.717) is 13.2 Å². The van der Waals surface area contributed by atoms with E-state index in [2.05, 4.69) is 15.5 Å². The Balaban J connectivity index is 1.74. The van der Waals surface area contributed by atoms with Crippen molar-refractivity contribution in [2.75, 3.05) is 18.5 Å². The number of nitrogens with zero attached hydrogens (tertiary/aromatic N) is 3. The molecule has 0 radical (unpaired) electrons. The van der Waals surface area contributed by atoms with Crippen molar-refractivity contribution in [3.8, 4) is 5.69 Å². The van der Waals surface area contributed by atoms with Crippen molar-refractivity contribution in [2.45, 2.75) is 6.42 Å². The highest BCUT2D eigenvalue weighted by atomic mass is 16.5. The third-order valence-corrected chi connectivity index (χ3v) is 3.13. The van der Waals surface area contributed by atoms with Crippen LogP contribution in [0.5, 0.6) is 0 Å². The van der Waals surface area contributed by atoms with E-state index in [1.54, 1.807) is 17.2 Å². The summed E-state index contributed by atoms with van der Waals surface area (Å²) in [5.74, 6) is -0.0306. The number of rotatable bonds is 3. The van der Waals surface area contributed by atoms with Gasteiger partial charge in [-0.15, -0.1) is 10.2 Å². The molecule has 1 aliphatic heterocycles. The smallest absolute Gasteiger partial charge is 0.229 e. The number of anilines is 1. The first-order chi connectivity index (χ1) is 9.33. The van der Waals surface area contributed by atoms with E-state index >= 15 is 0 Å². The summed E-state index contributed by atoms with van der Waals surface area (Å²) in [5.41, 5.74) is 1.67. The molecule has 1 unspecified atom stereocenters. The van der Waals surface area contributed by atoms with E-state index in [1.165, 1.54) is 0 Å². The number of ether oxygens (including phenoxy) is 1. The highest BCUT2D eigenvalue weighted by Crippen LogP contribution is 2.18. The number of carbonyl (C=O) groups is 1. The van der Waals surface area contributed by atoms with Gasteiger partial charge in [-0.1, -0.05) is 6.07 Å². The summed E-state index contributed by atoms with van der Waals surface area (Å²) in [7, 11) is 0. The van der Waals surface area contributed by atoms with Crippen molar-refractivity contribution >= 4 is 11.6 Å². The lowest BCUT2D eigenvalue weighted by molar-refractivity contribution is -0.119. The topological polar surface area (TPSA) is 69.0 Å². The first kappa shape index (κ1) is 11.9. The van der Waals surface area contributed by atoms with E-state index in [1.807, 2.05) is 24.3 Å². The first-order valence-electron chi connectivity index (χ1n) is 6.16. The van der Waals surface area contributed by atoms with Crippen LogP contribution in [0.15, 0.2) is 36.9 Å². The summed E-state index contributed by atoms with van der Waals surface area (Å²) in [6, 6.07) is 7.56. The van der Waals surface area contributed by atoms with Gasteiger partial charge in [-0.2, -0.15) is 0 Å². The van der Waals surface area contributed by atoms with Gasteiger partial charge >= 0.3 is 0 Å². The number of aromatic nitrogens is 3. The number of hydrogen-bond donors (Lipinski definition) is 1. The van der Waals surface area contributed by atoms with Gasteiger partial charge in [0.2, 0.25) is 5.91 Å². The van der Waals surface area contributed by atoms with Gasteiger partial charge in [-0.25, -0.2) is 0 Å². The molecule has 1 atom stereocenters. The second kappa shape index (κ2) is 5.19. The second-order valence-corrected chi connectivity index (χ2v) is 4.47. The van der Waals surface area contributed by atoms with Crippen molar-refractivity contribution < 1.29 is 9.53 Å². The molecule has 2 aromatic rings. The van der Waals surface area contributed by atoms with Crippen LogP contribution in [0.3, 0.4) is 0 Å². The molecule has 19 heavy (non-hydrogen) atoms. The quantitative estimate of drug-likeness (QED) is 0.899. The SMILES string of the molecule is O=C(Nc1cccc(-n2cnnc2)c1)C1CCOC1. The van der Waals surface area contributed by atoms with Gasteiger partial charge in [-0.3, -0.25) is 9.36 Å². The van der Waals surface area contributed by atoms with Crippen LogP contribution in [-0.4, -0.2) is 33.9 Å². The lowest BCUT2D eigenvalue weighted by Crippen LogP contribution is -2.22. The maximum atomic E-state index is 12.0. The van der Waals surface area contributed by atoms with Gasteiger partial charge in [-0.05, 0) is 24.6 Å². The molecule has 1 saturated heterocycles. The Labute approximate surface area is 110 Å². The molecule has 1 N–H and O–H groups in total. The summed E-state index contributed by atoms with van der Waals surface area (Å²) >= 11 is 0. The number of hydrogen-bond acceptors (Lipinski definition) is 4. The molecule has 3 rings (SSSR count). The Morgan fingerprint density at radius 3 is 2.95 bits per heavy atom. The Hall–Kier alpha value is -2.21.